The summed E-state index contributed by atoms with van der Waals surface area (Å²) in [7, 11) is 1.67. The number of thioether (sulfide) groups is 1. The van der Waals surface area contributed by atoms with Gasteiger partial charge in [-0.1, -0.05) is 0 Å². The maximum absolute atomic E-state index is 12.0. The number of benzene rings is 1. The van der Waals surface area contributed by atoms with E-state index in [9.17, 15) is 9.90 Å². The first-order valence-corrected chi connectivity index (χ1v) is 12.9. The van der Waals surface area contributed by atoms with Crippen LogP contribution in [0.3, 0.4) is 0 Å². The van der Waals surface area contributed by atoms with Gasteiger partial charge >= 0.3 is 5.97 Å². The summed E-state index contributed by atoms with van der Waals surface area (Å²) in [5.74, 6) is 1.07. The number of carboxylic acids is 1. The lowest BCUT2D eigenvalue weighted by Gasteiger charge is -2.36. The third-order valence-electron chi connectivity index (χ3n) is 6.64. The van der Waals surface area contributed by atoms with E-state index in [0.29, 0.717) is 6.54 Å². The molecule has 0 amide bonds. The number of hydrogen-bond acceptors (Lipinski definition) is 7. The third kappa shape index (κ3) is 6.45. The van der Waals surface area contributed by atoms with Crippen LogP contribution in [0.2, 0.25) is 0 Å². The van der Waals surface area contributed by atoms with Gasteiger partial charge in [0.1, 0.15) is 12.1 Å². The number of piperidine rings is 1. The fourth-order valence-electron chi connectivity index (χ4n) is 4.81. The first-order chi connectivity index (χ1) is 16.6. The van der Waals surface area contributed by atoms with Crippen LogP contribution in [0.15, 0.2) is 54.1 Å². The molecular weight excluding hydrogens is 448 g/mol. The monoisotopic (exact) mass is 480 g/mol. The van der Waals surface area contributed by atoms with E-state index in [-0.39, 0.29) is 11.8 Å². The Balaban J connectivity index is 1.26. The van der Waals surface area contributed by atoms with Gasteiger partial charge in [0, 0.05) is 30.1 Å². The Hall–Kier alpha value is -2.71. The molecule has 1 aliphatic rings. The van der Waals surface area contributed by atoms with Gasteiger partial charge < -0.3 is 14.7 Å². The Morgan fingerprint density at radius 3 is 2.91 bits per heavy atom. The molecular formula is C26H32N4O3S. The van der Waals surface area contributed by atoms with Gasteiger partial charge in [-0.05, 0) is 87.0 Å². The summed E-state index contributed by atoms with van der Waals surface area (Å²) in [5, 5.41) is 12.0. The van der Waals surface area contributed by atoms with Crippen LogP contribution in [0.5, 0.6) is 5.75 Å². The highest BCUT2D eigenvalue weighted by Crippen LogP contribution is 2.30. The number of pyridine rings is 1. The van der Waals surface area contributed by atoms with Crippen molar-refractivity contribution in [2.75, 3.05) is 32.5 Å². The van der Waals surface area contributed by atoms with Crippen LogP contribution in [0.4, 0.5) is 0 Å². The van der Waals surface area contributed by atoms with Crippen molar-refractivity contribution in [2.45, 2.75) is 37.1 Å². The third-order valence-corrected chi connectivity index (χ3v) is 7.67. The van der Waals surface area contributed by atoms with Crippen molar-refractivity contribution in [2.24, 2.45) is 11.8 Å². The summed E-state index contributed by atoms with van der Waals surface area (Å²) >= 11 is 1.72. The lowest BCUT2D eigenvalue weighted by Crippen LogP contribution is -2.44. The molecule has 1 saturated heterocycles. The quantitative estimate of drug-likeness (QED) is 0.243. The maximum atomic E-state index is 12.0. The number of likely N-dealkylation sites (tertiary alicyclic amines) is 1. The van der Waals surface area contributed by atoms with Crippen LogP contribution in [0.1, 0.15) is 31.2 Å². The lowest BCUT2D eigenvalue weighted by atomic mass is 9.81. The van der Waals surface area contributed by atoms with Crippen LogP contribution in [-0.2, 0) is 11.2 Å². The lowest BCUT2D eigenvalue weighted by molar-refractivity contribution is -0.146. The zero-order chi connectivity index (χ0) is 23.8. The molecule has 0 unspecified atom stereocenters. The summed E-state index contributed by atoms with van der Waals surface area (Å²) < 4.78 is 5.38. The summed E-state index contributed by atoms with van der Waals surface area (Å²) in [6.07, 6.45) is 9.96. The van der Waals surface area contributed by atoms with Crippen molar-refractivity contribution >= 4 is 28.6 Å². The molecule has 3 aromatic rings. The molecule has 1 N–H and O–H groups in total. The van der Waals surface area contributed by atoms with Gasteiger partial charge in [0.15, 0.2) is 0 Å². The van der Waals surface area contributed by atoms with Gasteiger partial charge in [-0.2, -0.15) is 0 Å². The number of nitrogens with zero attached hydrogens (tertiary/aromatic N) is 4. The van der Waals surface area contributed by atoms with Gasteiger partial charge in [0.05, 0.1) is 23.6 Å². The van der Waals surface area contributed by atoms with Crippen LogP contribution < -0.4 is 4.74 Å². The molecule has 8 heteroatoms. The Bertz CT molecular complexity index is 1080. The van der Waals surface area contributed by atoms with Crippen molar-refractivity contribution in [1.29, 1.82) is 0 Å². The summed E-state index contributed by atoms with van der Waals surface area (Å²) in [5.41, 5.74) is 2.21. The number of aromatic nitrogens is 3. The van der Waals surface area contributed by atoms with E-state index < -0.39 is 5.97 Å². The topological polar surface area (TPSA) is 88.4 Å². The number of ether oxygens (including phenoxy) is 1. The van der Waals surface area contributed by atoms with E-state index in [2.05, 4.69) is 25.9 Å². The van der Waals surface area contributed by atoms with Gasteiger partial charge in [0.2, 0.25) is 0 Å². The zero-order valence-electron chi connectivity index (χ0n) is 19.6. The Labute approximate surface area is 205 Å². The second kappa shape index (κ2) is 12.1. The smallest absolute Gasteiger partial charge is 0.308 e. The van der Waals surface area contributed by atoms with Gasteiger partial charge in [0.25, 0.3) is 0 Å². The highest BCUT2D eigenvalue weighted by Gasteiger charge is 2.33. The van der Waals surface area contributed by atoms with Crippen molar-refractivity contribution in [1.82, 2.24) is 19.9 Å². The minimum atomic E-state index is -0.663. The number of fused-ring (bicyclic) bond motifs is 1. The fraction of sp³-hybridized carbons (Fsp3) is 0.462. The standard InChI is InChI=1S/C26H32N4O3S/c1-33-21-6-7-24-22(16-21)19(8-12-28-24)4-2-5-20-10-14-30(17-23(20)26(31)32)13-3-15-34-25-9-11-27-18-29-25/h6-9,11-12,16,18,20,23H,2-5,10,13-15,17H2,1H3,(H,31,32)/t20-,23+/m1/s1. The number of aryl methyl sites for hydroxylation is 1. The normalized spacial score (nSPS) is 18.7. The molecule has 0 bridgehead atoms. The van der Waals surface area contributed by atoms with E-state index in [1.54, 1.807) is 31.4 Å². The van der Waals surface area contributed by atoms with Crippen LogP contribution in [-0.4, -0.2) is 63.4 Å². The van der Waals surface area contributed by atoms with E-state index in [0.717, 1.165) is 72.6 Å². The number of rotatable bonds is 11. The summed E-state index contributed by atoms with van der Waals surface area (Å²) in [4.78, 5) is 27.0. The molecule has 34 heavy (non-hydrogen) atoms. The molecule has 1 aliphatic heterocycles. The summed E-state index contributed by atoms with van der Waals surface area (Å²) in [6.45, 7) is 2.55. The first kappa shape index (κ1) is 24.4. The minimum Gasteiger partial charge on any atom is -0.497 e. The maximum Gasteiger partial charge on any atom is 0.308 e. The predicted octanol–water partition coefficient (Wildman–Crippen LogP) is 4.56. The molecule has 4 rings (SSSR count). The van der Waals surface area contributed by atoms with E-state index in [1.807, 2.05) is 30.5 Å². The van der Waals surface area contributed by atoms with Crippen molar-refractivity contribution < 1.29 is 14.6 Å². The zero-order valence-corrected chi connectivity index (χ0v) is 20.4. The van der Waals surface area contributed by atoms with Crippen LogP contribution >= 0.6 is 11.8 Å². The minimum absolute atomic E-state index is 0.229. The second-order valence-electron chi connectivity index (χ2n) is 8.79. The number of carboxylic acid groups (broad SMARTS) is 1. The predicted molar refractivity (Wildman–Crippen MR) is 134 cm³/mol. The Morgan fingerprint density at radius 1 is 1.21 bits per heavy atom. The average molecular weight is 481 g/mol. The molecule has 0 radical (unpaired) electrons. The molecule has 3 heterocycles. The van der Waals surface area contributed by atoms with Crippen molar-refractivity contribution in [3.8, 4) is 5.75 Å². The van der Waals surface area contributed by atoms with Gasteiger partial charge in [-0.15, -0.1) is 11.8 Å². The van der Waals surface area contributed by atoms with Crippen molar-refractivity contribution in [3.05, 3.63) is 54.6 Å². The molecule has 2 atom stereocenters. The molecule has 180 valence electrons. The molecule has 0 aliphatic carbocycles. The fourth-order valence-corrected chi connectivity index (χ4v) is 5.57. The highest BCUT2D eigenvalue weighted by molar-refractivity contribution is 7.99. The molecule has 7 nitrogen and oxygen atoms in total. The number of methoxy groups -OCH3 is 1. The molecule has 2 aromatic heterocycles. The average Bonchev–Trinajstić information content (AvgIpc) is 2.87. The Morgan fingerprint density at radius 2 is 2.12 bits per heavy atom. The van der Waals surface area contributed by atoms with Crippen LogP contribution in [0.25, 0.3) is 10.9 Å². The molecule has 0 saturated carbocycles. The number of aliphatic carboxylic acids is 1. The Kier molecular flexibility index (Phi) is 8.71. The number of hydrogen-bond donors (Lipinski definition) is 1. The highest BCUT2D eigenvalue weighted by atomic mass is 32.2. The SMILES string of the molecule is COc1ccc2nccc(CCC[C@@H]3CCN(CCCSc4ccncn4)C[C@@H]3C(=O)O)c2c1. The van der Waals surface area contributed by atoms with E-state index in [1.165, 1.54) is 5.56 Å². The second-order valence-corrected chi connectivity index (χ2v) is 9.90. The molecule has 1 fully saturated rings. The molecule has 1 aromatic carbocycles. The van der Waals surface area contributed by atoms with E-state index in [4.69, 9.17) is 4.74 Å². The van der Waals surface area contributed by atoms with Gasteiger partial charge in [-0.3, -0.25) is 9.78 Å². The largest absolute Gasteiger partial charge is 0.497 e. The van der Waals surface area contributed by atoms with Crippen molar-refractivity contribution in [3.63, 3.8) is 0 Å². The van der Waals surface area contributed by atoms with Gasteiger partial charge in [-0.25, -0.2) is 9.97 Å². The van der Waals surface area contributed by atoms with E-state index >= 15 is 0 Å². The summed E-state index contributed by atoms with van der Waals surface area (Å²) in [6, 6.07) is 9.94. The first-order valence-electron chi connectivity index (χ1n) is 11.9. The molecule has 0 spiro atoms. The number of carbonyl (C=O) groups is 1. The van der Waals surface area contributed by atoms with Crippen LogP contribution in [0, 0.1) is 11.8 Å².